The number of aromatic amines is 1. The van der Waals surface area contributed by atoms with Crippen LogP contribution in [-0.2, 0) is 6.42 Å². The molecule has 0 radical (unpaired) electrons. The third-order valence-corrected chi connectivity index (χ3v) is 3.89. The van der Waals surface area contributed by atoms with Gasteiger partial charge in [0.1, 0.15) is 16.0 Å². The lowest BCUT2D eigenvalue weighted by molar-refractivity contribution is 0.416. The van der Waals surface area contributed by atoms with Crippen molar-refractivity contribution in [3.05, 3.63) is 43.7 Å². The van der Waals surface area contributed by atoms with Crippen molar-refractivity contribution < 1.29 is 4.74 Å². The van der Waals surface area contributed by atoms with Crippen molar-refractivity contribution in [2.75, 3.05) is 7.11 Å². The molecule has 2 rings (SSSR count). The van der Waals surface area contributed by atoms with Crippen LogP contribution in [0.2, 0.25) is 5.02 Å². The number of methoxy groups -OCH3 is 1. The van der Waals surface area contributed by atoms with Gasteiger partial charge in [-0.25, -0.2) is 4.98 Å². The first-order valence-corrected chi connectivity index (χ1v) is 7.36. The van der Waals surface area contributed by atoms with E-state index in [0.29, 0.717) is 26.6 Å². The van der Waals surface area contributed by atoms with Gasteiger partial charge in [0.2, 0.25) is 0 Å². The molecule has 0 saturated carbocycles. The molecule has 0 unspecified atom stereocenters. The van der Waals surface area contributed by atoms with Crippen molar-refractivity contribution >= 4 is 27.5 Å². The number of H-pyrrole nitrogens is 1. The van der Waals surface area contributed by atoms with E-state index in [1.165, 1.54) is 0 Å². The predicted molar refractivity (Wildman–Crippen MR) is 83.6 cm³/mol. The molecule has 0 aliphatic heterocycles. The Kier molecular flexibility index (Phi) is 4.83. The minimum Gasteiger partial charge on any atom is -0.496 e. The third-order valence-electron chi connectivity index (χ3n) is 2.84. The van der Waals surface area contributed by atoms with Gasteiger partial charge in [0.05, 0.1) is 18.4 Å². The number of aromatic nitrogens is 2. The molecule has 20 heavy (non-hydrogen) atoms. The van der Waals surface area contributed by atoms with Gasteiger partial charge >= 0.3 is 0 Å². The quantitative estimate of drug-likeness (QED) is 0.905. The van der Waals surface area contributed by atoms with Gasteiger partial charge in [0.15, 0.2) is 0 Å². The van der Waals surface area contributed by atoms with Gasteiger partial charge in [-0.2, -0.15) is 0 Å². The zero-order valence-electron chi connectivity index (χ0n) is 11.2. The van der Waals surface area contributed by atoms with E-state index >= 15 is 0 Å². The molecule has 0 aliphatic carbocycles. The maximum Gasteiger partial charge on any atom is 0.265 e. The molecule has 0 spiro atoms. The summed E-state index contributed by atoms with van der Waals surface area (Å²) in [4.78, 5) is 19.2. The van der Waals surface area contributed by atoms with Gasteiger partial charge in [0.25, 0.3) is 5.56 Å². The summed E-state index contributed by atoms with van der Waals surface area (Å²) in [5.74, 6) is 1.06. The van der Waals surface area contributed by atoms with Crippen LogP contribution in [0.25, 0.3) is 11.4 Å². The van der Waals surface area contributed by atoms with Crippen molar-refractivity contribution in [1.29, 1.82) is 0 Å². The summed E-state index contributed by atoms with van der Waals surface area (Å²) >= 11 is 9.22. The van der Waals surface area contributed by atoms with Crippen LogP contribution in [0, 0.1) is 0 Å². The molecule has 1 heterocycles. The van der Waals surface area contributed by atoms with Crippen LogP contribution in [-0.4, -0.2) is 17.1 Å². The highest BCUT2D eigenvalue weighted by molar-refractivity contribution is 9.10. The Labute approximate surface area is 130 Å². The first-order chi connectivity index (χ1) is 9.56. The molecule has 6 heteroatoms. The van der Waals surface area contributed by atoms with Crippen LogP contribution in [0.4, 0.5) is 0 Å². The maximum absolute atomic E-state index is 12.0. The highest BCUT2D eigenvalue weighted by Gasteiger charge is 2.13. The first kappa shape index (κ1) is 15.1. The lowest BCUT2D eigenvalue weighted by Gasteiger charge is -2.10. The normalized spacial score (nSPS) is 10.6. The lowest BCUT2D eigenvalue weighted by atomic mass is 10.1. The monoisotopic (exact) mass is 356 g/mol. The number of hydrogen-bond acceptors (Lipinski definition) is 3. The highest BCUT2D eigenvalue weighted by atomic mass is 79.9. The van der Waals surface area contributed by atoms with E-state index in [1.807, 2.05) is 6.92 Å². The summed E-state index contributed by atoms with van der Waals surface area (Å²) in [6, 6.07) is 5.21. The molecule has 106 valence electrons. The van der Waals surface area contributed by atoms with Gasteiger partial charge in [-0.1, -0.05) is 24.9 Å². The average Bonchev–Trinajstić information content (AvgIpc) is 2.43. The summed E-state index contributed by atoms with van der Waals surface area (Å²) in [5, 5.41) is 0.568. The van der Waals surface area contributed by atoms with Crippen molar-refractivity contribution in [3.63, 3.8) is 0 Å². The summed E-state index contributed by atoms with van der Waals surface area (Å²) in [6.07, 6.45) is 1.64. The summed E-state index contributed by atoms with van der Waals surface area (Å²) < 4.78 is 5.77. The SMILES string of the molecule is CCCc1nc(-c2ccc(Cl)cc2OC)[nH]c(=O)c1Br. The zero-order valence-corrected chi connectivity index (χ0v) is 13.5. The summed E-state index contributed by atoms with van der Waals surface area (Å²) in [7, 11) is 1.55. The Morgan fingerprint density at radius 2 is 2.20 bits per heavy atom. The minimum atomic E-state index is -0.199. The Morgan fingerprint density at radius 1 is 1.45 bits per heavy atom. The second-order valence-electron chi connectivity index (χ2n) is 4.27. The molecule has 0 bridgehead atoms. The van der Waals surface area contributed by atoms with E-state index in [4.69, 9.17) is 16.3 Å². The van der Waals surface area contributed by atoms with Gasteiger partial charge in [-0.3, -0.25) is 4.79 Å². The number of benzene rings is 1. The van der Waals surface area contributed by atoms with E-state index in [9.17, 15) is 4.79 Å². The fraction of sp³-hybridized carbons (Fsp3) is 0.286. The first-order valence-electron chi connectivity index (χ1n) is 6.19. The van der Waals surface area contributed by atoms with E-state index < -0.39 is 0 Å². The van der Waals surface area contributed by atoms with E-state index in [2.05, 4.69) is 25.9 Å². The molecule has 0 atom stereocenters. The van der Waals surface area contributed by atoms with Crippen molar-refractivity contribution in [3.8, 4) is 17.1 Å². The number of hydrogen-bond donors (Lipinski definition) is 1. The Balaban J connectivity index is 2.61. The van der Waals surface area contributed by atoms with Crippen molar-refractivity contribution in [2.45, 2.75) is 19.8 Å². The molecule has 4 nitrogen and oxygen atoms in total. The number of nitrogens with one attached hydrogen (secondary N) is 1. The molecular weight excluding hydrogens is 344 g/mol. The minimum absolute atomic E-state index is 0.199. The molecule has 1 aromatic carbocycles. The highest BCUT2D eigenvalue weighted by Crippen LogP contribution is 2.30. The Hall–Kier alpha value is -1.33. The molecule has 2 aromatic rings. The van der Waals surface area contributed by atoms with E-state index in [0.717, 1.165) is 18.5 Å². The smallest absolute Gasteiger partial charge is 0.265 e. The Bertz CT molecular complexity index is 685. The van der Waals surface area contributed by atoms with E-state index in [-0.39, 0.29) is 5.56 Å². The second kappa shape index (κ2) is 6.41. The van der Waals surface area contributed by atoms with Gasteiger partial charge in [-0.05, 0) is 40.5 Å². The fourth-order valence-corrected chi connectivity index (χ4v) is 2.44. The van der Waals surface area contributed by atoms with Crippen LogP contribution in [0.1, 0.15) is 19.0 Å². The zero-order chi connectivity index (χ0) is 14.7. The average molecular weight is 358 g/mol. The summed E-state index contributed by atoms with van der Waals surface area (Å²) in [6.45, 7) is 2.04. The molecule has 1 N–H and O–H groups in total. The number of halogens is 2. The molecule has 0 amide bonds. The van der Waals surface area contributed by atoms with Crippen molar-refractivity contribution in [2.24, 2.45) is 0 Å². The number of ether oxygens (including phenoxy) is 1. The van der Waals surface area contributed by atoms with Gasteiger partial charge in [0, 0.05) is 5.02 Å². The van der Waals surface area contributed by atoms with Crippen LogP contribution >= 0.6 is 27.5 Å². The second-order valence-corrected chi connectivity index (χ2v) is 5.50. The standard InChI is InChI=1S/C14H14BrClN2O2/c1-3-4-10-12(15)14(19)18-13(17-10)9-6-5-8(16)7-11(9)20-2/h5-7H,3-4H2,1-2H3,(H,17,18,19). The topological polar surface area (TPSA) is 55.0 Å². The van der Waals surface area contributed by atoms with Crippen LogP contribution < -0.4 is 10.3 Å². The fourth-order valence-electron chi connectivity index (χ4n) is 1.90. The van der Waals surface area contributed by atoms with Crippen LogP contribution in [0.5, 0.6) is 5.75 Å². The van der Waals surface area contributed by atoms with Gasteiger partial charge in [-0.15, -0.1) is 0 Å². The molecule has 0 fully saturated rings. The summed E-state index contributed by atoms with van der Waals surface area (Å²) in [5.41, 5.74) is 1.25. The lowest BCUT2D eigenvalue weighted by Crippen LogP contribution is -2.13. The number of rotatable bonds is 4. The maximum atomic E-state index is 12.0. The molecule has 1 aromatic heterocycles. The van der Waals surface area contributed by atoms with Crippen LogP contribution in [0.15, 0.2) is 27.5 Å². The van der Waals surface area contributed by atoms with E-state index in [1.54, 1.807) is 25.3 Å². The largest absolute Gasteiger partial charge is 0.496 e. The number of nitrogens with zero attached hydrogens (tertiary/aromatic N) is 1. The van der Waals surface area contributed by atoms with Crippen molar-refractivity contribution in [1.82, 2.24) is 9.97 Å². The Morgan fingerprint density at radius 3 is 2.85 bits per heavy atom. The van der Waals surface area contributed by atoms with Crippen LogP contribution in [0.3, 0.4) is 0 Å². The number of aryl methyl sites for hydroxylation is 1. The predicted octanol–water partition coefficient (Wildman–Crippen LogP) is 3.81. The molecular formula is C14H14BrClN2O2. The molecule has 0 aliphatic rings. The molecule has 0 saturated heterocycles. The third kappa shape index (κ3) is 3.04. The van der Waals surface area contributed by atoms with Gasteiger partial charge < -0.3 is 9.72 Å².